The van der Waals surface area contributed by atoms with Gasteiger partial charge >= 0.3 is 0 Å². The first-order valence-corrected chi connectivity index (χ1v) is 21.1. The van der Waals surface area contributed by atoms with Crippen LogP contribution in [0.4, 0.5) is 5.69 Å². The number of aryl methyl sites for hydroxylation is 2. The Morgan fingerprint density at radius 1 is 0.849 bits per heavy atom. The van der Waals surface area contributed by atoms with Crippen molar-refractivity contribution in [2.24, 2.45) is 0 Å². The van der Waals surface area contributed by atoms with Gasteiger partial charge in [-0.1, -0.05) is 103 Å². The number of nitrogens with zero attached hydrogens (tertiary/aromatic N) is 4. The normalized spacial score (nSPS) is 12.6. The first-order valence-electron chi connectivity index (χ1n) is 19.0. The minimum atomic E-state index is -3.40. The fraction of sp³-hybridized carbons (Fsp3) is 0.537. The molecule has 11 nitrogen and oxygen atoms in total. The fourth-order valence-corrected chi connectivity index (χ4v) is 7.30. The van der Waals surface area contributed by atoms with Crippen LogP contribution in [0, 0.1) is 20.8 Å². The molecule has 288 valence electrons. The maximum absolute atomic E-state index is 13.9. The van der Waals surface area contributed by atoms with Crippen LogP contribution in [-0.4, -0.2) is 63.6 Å². The molecular weight excluding hydrogens is 689 g/mol. The lowest BCUT2D eigenvalue weighted by atomic mass is 9.93. The molecule has 0 spiro atoms. The number of sulfone groups is 1. The molecule has 0 bridgehead atoms. The standard InChI is InChI=1S/C41H58N6O5S/c1-9-10-11-12-13-14-15-16-20-23-34(48)42-32(24-25-53(8,51)52)39(49)43-37-29(3)26-28(2)36(30(37)4)38-45-47(40(50)31-21-18-17-19-22-31)35-27-33(41(5,6)7)44-46(35)38/h17-19,21-22,26-27,32H,9-16,20,23-25H2,1-8H3,(H,42,48)(H,43,49). The van der Waals surface area contributed by atoms with Gasteiger partial charge in [-0.25, -0.2) is 8.42 Å². The number of nitrogens with one attached hydrogen (secondary N) is 2. The maximum atomic E-state index is 13.9. The Labute approximate surface area is 315 Å². The number of carbonyl (C=O) groups excluding carboxylic acids is 3. The fourth-order valence-electron chi connectivity index (χ4n) is 6.64. The van der Waals surface area contributed by atoms with Crippen LogP contribution in [-0.2, 0) is 24.8 Å². The zero-order chi connectivity index (χ0) is 38.9. The van der Waals surface area contributed by atoms with Gasteiger partial charge in [0.2, 0.25) is 11.8 Å². The molecule has 53 heavy (non-hydrogen) atoms. The lowest BCUT2D eigenvalue weighted by Gasteiger charge is -2.22. The van der Waals surface area contributed by atoms with Gasteiger partial charge in [-0.05, 0) is 62.4 Å². The molecule has 0 aliphatic heterocycles. The predicted molar refractivity (Wildman–Crippen MR) is 212 cm³/mol. The highest BCUT2D eigenvalue weighted by Gasteiger charge is 2.29. The van der Waals surface area contributed by atoms with E-state index in [2.05, 4.69) is 38.3 Å². The summed E-state index contributed by atoms with van der Waals surface area (Å²) in [6.45, 7) is 14.1. The molecule has 1 unspecified atom stereocenters. The van der Waals surface area contributed by atoms with Gasteiger partial charge < -0.3 is 10.6 Å². The van der Waals surface area contributed by atoms with Crippen LogP contribution in [0.5, 0.6) is 0 Å². The van der Waals surface area contributed by atoms with E-state index in [1.807, 2.05) is 39.0 Å². The zero-order valence-corrected chi connectivity index (χ0v) is 33.7. The summed E-state index contributed by atoms with van der Waals surface area (Å²) in [7, 11) is -3.40. The quantitative estimate of drug-likeness (QED) is 0.0986. The van der Waals surface area contributed by atoms with Crippen LogP contribution < -0.4 is 10.6 Å². The SMILES string of the molecule is CCCCCCCCCCCC(=O)NC(CCS(C)(=O)=O)C(=O)Nc1c(C)cc(C)c(-c2nn(C(=O)c3ccccc3)c3cc(C(C)(C)C)nn23)c1C. The Hall–Kier alpha value is -4.32. The van der Waals surface area contributed by atoms with Crippen LogP contribution in [0.2, 0.25) is 0 Å². The zero-order valence-electron chi connectivity index (χ0n) is 32.8. The van der Waals surface area contributed by atoms with Gasteiger partial charge in [0.1, 0.15) is 15.9 Å². The van der Waals surface area contributed by atoms with Crippen LogP contribution >= 0.6 is 0 Å². The summed E-state index contributed by atoms with van der Waals surface area (Å²) in [5, 5.41) is 15.6. The highest BCUT2D eigenvalue weighted by molar-refractivity contribution is 7.90. The van der Waals surface area contributed by atoms with Crippen molar-refractivity contribution >= 4 is 38.9 Å². The second-order valence-electron chi connectivity index (χ2n) is 15.4. The highest BCUT2D eigenvalue weighted by atomic mass is 32.2. The van der Waals surface area contributed by atoms with Crippen molar-refractivity contribution in [1.82, 2.24) is 24.7 Å². The van der Waals surface area contributed by atoms with E-state index >= 15 is 0 Å². The highest BCUT2D eigenvalue weighted by Crippen LogP contribution is 2.35. The molecule has 2 heterocycles. The number of hydrogen-bond donors (Lipinski definition) is 2. The van der Waals surface area contributed by atoms with E-state index in [1.165, 1.54) is 36.8 Å². The van der Waals surface area contributed by atoms with E-state index in [-0.39, 0.29) is 35.8 Å². The van der Waals surface area contributed by atoms with E-state index < -0.39 is 21.8 Å². The molecule has 0 fully saturated rings. The number of benzene rings is 2. The molecule has 2 amide bonds. The summed E-state index contributed by atoms with van der Waals surface area (Å²) in [5.74, 6) is -0.887. The van der Waals surface area contributed by atoms with E-state index in [1.54, 1.807) is 28.8 Å². The number of hydrogen-bond acceptors (Lipinski definition) is 7. The van der Waals surface area contributed by atoms with Gasteiger partial charge in [-0.15, -0.1) is 5.10 Å². The van der Waals surface area contributed by atoms with Crippen molar-refractivity contribution in [2.45, 2.75) is 131 Å². The summed E-state index contributed by atoms with van der Waals surface area (Å²) < 4.78 is 27.3. The summed E-state index contributed by atoms with van der Waals surface area (Å²) in [5.41, 5.74) is 5.04. The van der Waals surface area contributed by atoms with Gasteiger partial charge in [0, 0.05) is 41.0 Å². The molecule has 2 aromatic heterocycles. The monoisotopic (exact) mass is 746 g/mol. The second kappa shape index (κ2) is 18.1. The molecule has 0 aliphatic carbocycles. The third kappa shape index (κ3) is 11.1. The van der Waals surface area contributed by atoms with Gasteiger partial charge in [-0.2, -0.15) is 14.3 Å². The van der Waals surface area contributed by atoms with Gasteiger partial charge in [0.05, 0.1) is 11.4 Å². The molecule has 4 rings (SSSR count). The smallest absolute Gasteiger partial charge is 0.280 e. The van der Waals surface area contributed by atoms with Crippen molar-refractivity contribution in [3.05, 3.63) is 70.4 Å². The molecule has 2 N–H and O–H groups in total. The van der Waals surface area contributed by atoms with E-state index in [9.17, 15) is 22.8 Å². The van der Waals surface area contributed by atoms with E-state index in [0.29, 0.717) is 40.3 Å². The van der Waals surface area contributed by atoms with Crippen molar-refractivity contribution in [3.63, 3.8) is 0 Å². The number of rotatable bonds is 18. The van der Waals surface area contributed by atoms with E-state index in [0.717, 1.165) is 42.3 Å². The van der Waals surface area contributed by atoms with Crippen LogP contribution in [0.15, 0.2) is 42.5 Å². The first-order chi connectivity index (χ1) is 25.0. The van der Waals surface area contributed by atoms with Gasteiger partial charge in [-0.3, -0.25) is 14.4 Å². The molecular formula is C41H58N6O5S. The van der Waals surface area contributed by atoms with Crippen LogP contribution in [0.3, 0.4) is 0 Å². The Kier molecular flexibility index (Phi) is 14.2. The van der Waals surface area contributed by atoms with Crippen LogP contribution in [0.1, 0.15) is 131 Å². The number of aromatic nitrogens is 4. The average Bonchev–Trinajstić information content (AvgIpc) is 3.68. The summed E-state index contributed by atoms with van der Waals surface area (Å²) >= 11 is 0. The molecule has 0 aliphatic rings. The van der Waals surface area contributed by atoms with Crippen molar-refractivity contribution in [3.8, 4) is 11.4 Å². The largest absolute Gasteiger partial charge is 0.344 e. The topological polar surface area (TPSA) is 145 Å². The summed E-state index contributed by atoms with van der Waals surface area (Å²) in [6.07, 6.45) is 11.4. The molecule has 4 aromatic rings. The second-order valence-corrected chi connectivity index (χ2v) is 17.7. The van der Waals surface area contributed by atoms with Gasteiger partial charge in [0.15, 0.2) is 11.5 Å². The lowest BCUT2D eigenvalue weighted by molar-refractivity contribution is -0.126. The predicted octanol–water partition coefficient (Wildman–Crippen LogP) is 7.89. The number of carbonyl (C=O) groups is 3. The molecule has 12 heteroatoms. The van der Waals surface area contributed by atoms with Crippen molar-refractivity contribution in [2.75, 3.05) is 17.3 Å². The first kappa shape index (κ1) is 41.4. The lowest BCUT2D eigenvalue weighted by Crippen LogP contribution is -2.45. The molecule has 0 saturated carbocycles. The molecule has 1 atom stereocenters. The third-order valence-electron chi connectivity index (χ3n) is 9.66. The molecule has 0 radical (unpaired) electrons. The summed E-state index contributed by atoms with van der Waals surface area (Å²) in [6, 6.07) is 11.7. The molecule has 2 aromatic carbocycles. The number of anilines is 1. The van der Waals surface area contributed by atoms with Crippen molar-refractivity contribution in [1.29, 1.82) is 0 Å². The number of amides is 2. The minimum absolute atomic E-state index is 0.0551. The Bertz CT molecular complexity index is 2010. The number of fused-ring (bicyclic) bond motifs is 1. The van der Waals surface area contributed by atoms with Crippen molar-refractivity contribution < 1.29 is 22.8 Å². The third-order valence-corrected chi connectivity index (χ3v) is 10.6. The van der Waals surface area contributed by atoms with E-state index in [4.69, 9.17) is 10.2 Å². The minimum Gasteiger partial charge on any atom is -0.344 e. The number of unbranched alkanes of at least 4 members (excludes halogenated alkanes) is 8. The Balaban J connectivity index is 1.61. The van der Waals surface area contributed by atoms with Gasteiger partial charge in [0.25, 0.3) is 5.91 Å². The summed E-state index contributed by atoms with van der Waals surface area (Å²) in [4.78, 5) is 40.7. The maximum Gasteiger partial charge on any atom is 0.280 e. The average molecular weight is 747 g/mol. The molecule has 0 saturated heterocycles. The Morgan fingerprint density at radius 3 is 2.08 bits per heavy atom. The van der Waals surface area contributed by atoms with Crippen LogP contribution in [0.25, 0.3) is 17.0 Å². The Morgan fingerprint density at radius 2 is 1.47 bits per heavy atom.